The van der Waals surface area contributed by atoms with Crippen molar-refractivity contribution < 1.29 is 14.3 Å². The quantitative estimate of drug-likeness (QED) is 0.782. The van der Waals surface area contributed by atoms with Gasteiger partial charge in [-0.1, -0.05) is 18.2 Å². The van der Waals surface area contributed by atoms with E-state index in [0.29, 0.717) is 19.5 Å². The zero-order valence-electron chi connectivity index (χ0n) is 14.6. The number of rotatable bonds is 1. The number of hydrogen-bond donors (Lipinski definition) is 0. The normalized spacial score (nSPS) is 24.0. The number of likely N-dealkylation sites (tertiary alicyclic amines) is 1. The minimum Gasteiger partial charge on any atom is -0.441 e. The maximum atomic E-state index is 13.1. The highest BCUT2D eigenvalue weighted by molar-refractivity contribution is 7.21. The molecule has 5 nitrogen and oxygen atoms in total. The summed E-state index contributed by atoms with van der Waals surface area (Å²) in [5.41, 5.74) is 0.646. The van der Waals surface area contributed by atoms with Gasteiger partial charge in [0.25, 0.3) is 5.91 Å². The average molecular weight is 358 g/mol. The first-order valence-electron chi connectivity index (χ1n) is 8.71. The Morgan fingerprint density at radius 1 is 1.24 bits per heavy atom. The van der Waals surface area contributed by atoms with Crippen LogP contribution < -0.4 is 0 Å². The van der Waals surface area contributed by atoms with Crippen molar-refractivity contribution in [3.8, 4) is 0 Å². The van der Waals surface area contributed by atoms with Gasteiger partial charge in [0.1, 0.15) is 5.60 Å². The predicted molar refractivity (Wildman–Crippen MR) is 98.2 cm³/mol. The van der Waals surface area contributed by atoms with Gasteiger partial charge in [0.15, 0.2) is 0 Å². The van der Waals surface area contributed by atoms with Gasteiger partial charge in [-0.15, -0.1) is 11.3 Å². The molecule has 4 rings (SSSR count). The summed E-state index contributed by atoms with van der Waals surface area (Å²) in [4.78, 5) is 29.3. The van der Waals surface area contributed by atoms with Gasteiger partial charge >= 0.3 is 6.09 Å². The Morgan fingerprint density at radius 3 is 2.76 bits per heavy atom. The Hall–Kier alpha value is -2.08. The molecule has 1 aromatic carbocycles. The van der Waals surface area contributed by atoms with Crippen LogP contribution in [0, 0.1) is 6.92 Å². The maximum absolute atomic E-state index is 13.1. The van der Waals surface area contributed by atoms with E-state index in [9.17, 15) is 9.59 Å². The van der Waals surface area contributed by atoms with Gasteiger partial charge in [0.2, 0.25) is 0 Å². The molecule has 2 aromatic rings. The second kappa shape index (κ2) is 6.02. The first kappa shape index (κ1) is 16.4. The van der Waals surface area contributed by atoms with Gasteiger partial charge in [0, 0.05) is 31.3 Å². The summed E-state index contributed by atoms with van der Waals surface area (Å²) >= 11 is 1.57. The van der Waals surface area contributed by atoms with Gasteiger partial charge < -0.3 is 14.5 Å². The fourth-order valence-corrected chi connectivity index (χ4v) is 5.12. The summed E-state index contributed by atoms with van der Waals surface area (Å²) < 4.78 is 6.79. The highest BCUT2D eigenvalue weighted by atomic mass is 32.1. The van der Waals surface area contributed by atoms with Crippen LogP contribution in [0.25, 0.3) is 10.1 Å². The molecule has 25 heavy (non-hydrogen) atoms. The third-order valence-electron chi connectivity index (χ3n) is 5.36. The molecule has 1 atom stereocenters. The van der Waals surface area contributed by atoms with Crippen molar-refractivity contribution >= 4 is 33.4 Å². The van der Waals surface area contributed by atoms with Gasteiger partial charge in [-0.3, -0.25) is 4.79 Å². The topological polar surface area (TPSA) is 49.9 Å². The van der Waals surface area contributed by atoms with E-state index in [1.165, 1.54) is 0 Å². The number of hydrogen-bond acceptors (Lipinski definition) is 4. The highest BCUT2D eigenvalue weighted by Crippen LogP contribution is 2.35. The lowest BCUT2D eigenvalue weighted by Gasteiger charge is -2.25. The molecule has 0 N–H and O–H groups in total. The number of amides is 2. The number of likely N-dealkylation sites (N-methyl/N-ethyl adjacent to an activating group) is 1. The number of aryl methyl sites for hydroxylation is 1. The van der Waals surface area contributed by atoms with E-state index >= 15 is 0 Å². The number of benzene rings is 1. The van der Waals surface area contributed by atoms with Crippen molar-refractivity contribution in [1.82, 2.24) is 9.80 Å². The molecule has 132 valence electrons. The Kier molecular flexibility index (Phi) is 3.95. The summed E-state index contributed by atoms with van der Waals surface area (Å²) in [6, 6.07) is 8.16. The van der Waals surface area contributed by atoms with Crippen LogP contribution in [-0.2, 0) is 4.74 Å². The molecule has 1 spiro atoms. The van der Waals surface area contributed by atoms with Crippen molar-refractivity contribution in [3.05, 3.63) is 34.7 Å². The number of carbonyl (C=O) groups excluding carboxylic acids is 2. The lowest BCUT2D eigenvalue weighted by Crippen LogP contribution is -2.36. The van der Waals surface area contributed by atoms with E-state index in [0.717, 1.165) is 39.9 Å². The van der Waals surface area contributed by atoms with Gasteiger partial charge in [-0.2, -0.15) is 0 Å². The van der Waals surface area contributed by atoms with E-state index in [2.05, 4.69) is 12.1 Å². The molecule has 0 unspecified atom stereocenters. The van der Waals surface area contributed by atoms with Crippen molar-refractivity contribution in [3.63, 3.8) is 0 Å². The molecule has 2 aliphatic heterocycles. The smallest absolute Gasteiger partial charge is 0.410 e. The first-order valence-corrected chi connectivity index (χ1v) is 9.52. The summed E-state index contributed by atoms with van der Waals surface area (Å²) in [7, 11) is 1.77. The Bertz CT molecular complexity index is 846. The third-order valence-corrected chi connectivity index (χ3v) is 6.62. The van der Waals surface area contributed by atoms with Crippen molar-refractivity contribution in [2.24, 2.45) is 0 Å². The maximum Gasteiger partial charge on any atom is 0.410 e. The Balaban J connectivity index is 1.55. The van der Waals surface area contributed by atoms with E-state index in [-0.39, 0.29) is 12.0 Å². The molecule has 0 aliphatic carbocycles. The molecule has 1 aromatic heterocycles. The zero-order valence-corrected chi connectivity index (χ0v) is 15.4. The SMILES string of the molecule is Cc1c(C(=O)N2CCC[C@@]3(CC2)CN(C)C(=O)O3)sc2ccccc12. The van der Waals surface area contributed by atoms with Gasteiger partial charge in [-0.05, 0) is 36.8 Å². The van der Waals surface area contributed by atoms with Crippen LogP contribution in [0.1, 0.15) is 34.5 Å². The molecule has 0 saturated carbocycles. The van der Waals surface area contributed by atoms with E-state index in [1.807, 2.05) is 24.0 Å². The summed E-state index contributed by atoms with van der Waals surface area (Å²) in [5, 5.41) is 1.16. The second-order valence-electron chi connectivity index (χ2n) is 7.11. The highest BCUT2D eigenvalue weighted by Gasteiger charge is 2.44. The summed E-state index contributed by atoms with van der Waals surface area (Å²) in [5.74, 6) is 0.105. The van der Waals surface area contributed by atoms with Gasteiger partial charge in [0.05, 0.1) is 11.4 Å². The van der Waals surface area contributed by atoms with Crippen molar-refractivity contribution in [2.45, 2.75) is 31.8 Å². The molecule has 0 bridgehead atoms. The van der Waals surface area contributed by atoms with Crippen LogP contribution in [0.5, 0.6) is 0 Å². The average Bonchev–Trinajstić information content (AvgIpc) is 2.98. The van der Waals surface area contributed by atoms with Crippen LogP contribution in [-0.4, -0.2) is 54.1 Å². The summed E-state index contributed by atoms with van der Waals surface area (Å²) in [6.07, 6.45) is 2.13. The van der Waals surface area contributed by atoms with Crippen LogP contribution in [0.2, 0.25) is 0 Å². The van der Waals surface area contributed by atoms with Gasteiger partial charge in [-0.25, -0.2) is 4.79 Å². The second-order valence-corrected chi connectivity index (χ2v) is 8.16. The van der Waals surface area contributed by atoms with E-state index in [1.54, 1.807) is 23.3 Å². The molecule has 2 fully saturated rings. The van der Waals surface area contributed by atoms with Crippen LogP contribution >= 0.6 is 11.3 Å². The van der Waals surface area contributed by atoms with E-state index < -0.39 is 5.60 Å². The number of thiophene rings is 1. The largest absolute Gasteiger partial charge is 0.441 e. The van der Waals surface area contributed by atoms with Crippen LogP contribution in [0.4, 0.5) is 4.79 Å². The first-order chi connectivity index (χ1) is 12.0. The number of fused-ring (bicyclic) bond motifs is 1. The minimum atomic E-state index is -0.421. The fourth-order valence-electron chi connectivity index (χ4n) is 3.94. The number of ether oxygens (including phenoxy) is 1. The van der Waals surface area contributed by atoms with Crippen LogP contribution in [0.15, 0.2) is 24.3 Å². The zero-order chi connectivity index (χ0) is 17.6. The number of nitrogens with zero attached hydrogens (tertiary/aromatic N) is 2. The minimum absolute atomic E-state index is 0.105. The molecule has 6 heteroatoms. The molecule has 2 saturated heterocycles. The Labute approximate surface area is 151 Å². The van der Waals surface area contributed by atoms with E-state index in [4.69, 9.17) is 4.74 Å². The lowest BCUT2D eigenvalue weighted by molar-refractivity contribution is 0.0439. The molecule has 3 heterocycles. The molecule has 2 aliphatic rings. The summed E-state index contributed by atoms with van der Waals surface area (Å²) in [6.45, 7) is 4.00. The molecular formula is C19H22N2O3S. The monoisotopic (exact) mass is 358 g/mol. The molecule has 2 amide bonds. The van der Waals surface area contributed by atoms with Crippen LogP contribution in [0.3, 0.4) is 0 Å². The van der Waals surface area contributed by atoms with Crippen molar-refractivity contribution in [1.29, 1.82) is 0 Å². The number of carbonyl (C=O) groups is 2. The standard InChI is InChI=1S/C19H22N2O3S/c1-13-14-6-3-4-7-15(14)25-16(13)17(22)21-10-5-8-19(9-11-21)12-20(2)18(23)24-19/h3-4,6-7H,5,8-12H2,1-2H3/t19-/m1/s1. The fraction of sp³-hybridized carbons (Fsp3) is 0.474. The molecule has 0 radical (unpaired) electrons. The predicted octanol–water partition coefficient (Wildman–Crippen LogP) is 3.66. The Morgan fingerprint density at radius 2 is 2.04 bits per heavy atom. The van der Waals surface area contributed by atoms with Crippen molar-refractivity contribution in [2.75, 3.05) is 26.7 Å². The molecular weight excluding hydrogens is 336 g/mol. The third kappa shape index (κ3) is 2.78. The lowest BCUT2D eigenvalue weighted by atomic mass is 9.95.